The number of rotatable bonds is 5. The lowest BCUT2D eigenvalue weighted by atomic mass is 9.82. The zero-order chi connectivity index (χ0) is 22.7. The molecule has 1 fully saturated rings. The SMILES string of the molecule is CC1(C)N=C(C2CCCCC2)c2ccc(C#N)cc2N(c2ccc(OCCN)cc2)C1=O. The highest BCUT2D eigenvalue weighted by Gasteiger charge is 2.40. The largest absolute Gasteiger partial charge is 0.492 e. The van der Waals surface area contributed by atoms with Crippen LogP contribution < -0.4 is 15.4 Å². The van der Waals surface area contributed by atoms with Crippen LogP contribution in [0, 0.1) is 17.2 Å². The number of carbonyl (C=O) groups excluding carboxylic acids is 1. The molecule has 32 heavy (non-hydrogen) atoms. The van der Waals surface area contributed by atoms with Gasteiger partial charge in [-0.2, -0.15) is 5.26 Å². The molecule has 0 aromatic heterocycles. The average molecular weight is 431 g/mol. The van der Waals surface area contributed by atoms with E-state index in [1.54, 1.807) is 4.90 Å². The van der Waals surface area contributed by atoms with E-state index in [9.17, 15) is 10.1 Å². The number of hydrogen-bond donors (Lipinski definition) is 1. The van der Waals surface area contributed by atoms with E-state index in [1.807, 2.05) is 56.3 Å². The van der Waals surface area contributed by atoms with E-state index < -0.39 is 5.54 Å². The van der Waals surface area contributed by atoms with Crippen LogP contribution in [0.5, 0.6) is 5.75 Å². The van der Waals surface area contributed by atoms with Crippen LogP contribution in [0.3, 0.4) is 0 Å². The number of nitrogens with two attached hydrogens (primary N) is 1. The molecule has 0 radical (unpaired) electrons. The summed E-state index contributed by atoms with van der Waals surface area (Å²) in [7, 11) is 0. The van der Waals surface area contributed by atoms with Gasteiger partial charge >= 0.3 is 0 Å². The molecular formula is C26H30N4O2. The summed E-state index contributed by atoms with van der Waals surface area (Å²) in [5.74, 6) is 0.913. The summed E-state index contributed by atoms with van der Waals surface area (Å²) in [6.45, 7) is 4.62. The number of nitriles is 1. The van der Waals surface area contributed by atoms with Crippen molar-refractivity contribution in [2.45, 2.75) is 51.5 Å². The lowest BCUT2D eigenvalue weighted by Crippen LogP contribution is -2.41. The van der Waals surface area contributed by atoms with Crippen molar-refractivity contribution in [2.75, 3.05) is 18.1 Å². The van der Waals surface area contributed by atoms with Gasteiger partial charge in [-0.15, -0.1) is 0 Å². The maximum atomic E-state index is 13.8. The minimum Gasteiger partial charge on any atom is -0.492 e. The third-order valence-electron chi connectivity index (χ3n) is 6.24. The second-order valence-corrected chi connectivity index (χ2v) is 9.01. The molecule has 0 saturated heterocycles. The maximum Gasteiger partial charge on any atom is 0.258 e. The zero-order valence-corrected chi connectivity index (χ0v) is 18.8. The van der Waals surface area contributed by atoms with Crippen molar-refractivity contribution >= 4 is 23.0 Å². The minimum atomic E-state index is -0.923. The van der Waals surface area contributed by atoms with Crippen LogP contribution in [-0.2, 0) is 4.79 Å². The van der Waals surface area contributed by atoms with E-state index in [4.69, 9.17) is 15.5 Å². The second-order valence-electron chi connectivity index (χ2n) is 9.01. The Labute approximate surface area is 189 Å². The first-order valence-corrected chi connectivity index (χ1v) is 11.4. The Bertz CT molecular complexity index is 1060. The molecule has 6 heteroatoms. The monoisotopic (exact) mass is 430 g/mol. The number of benzene rings is 2. The molecule has 2 aromatic carbocycles. The van der Waals surface area contributed by atoms with E-state index in [0.717, 1.165) is 35.5 Å². The molecule has 2 N–H and O–H groups in total. The summed E-state index contributed by atoms with van der Waals surface area (Å²) in [6, 6.07) is 15.2. The fourth-order valence-electron chi connectivity index (χ4n) is 4.61. The van der Waals surface area contributed by atoms with E-state index in [-0.39, 0.29) is 5.91 Å². The summed E-state index contributed by atoms with van der Waals surface area (Å²) < 4.78 is 5.60. The Morgan fingerprint density at radius 1 is 1.16 bits per heavy atom. The molecule has 166 valence electrons. The van der Waals surface area contributed by atoms with Crippen molar-refractivity contribution in [3.05, 3.63) is 53.6 Å². The van der Waals surface area contributed by atoms with Crippen LogP contribution in [-0.4, -0.2) is 30.3 Å². The quantitative estimate of drug-likeness (QED) is 0.743. The molecule has 1 saturated carbocycles. The zero-order valence-electron chi connectivity index (χ0n) is 18.8. The predicted octanol–water partition coefficient (Wildman–Crippen LogP) is 4.72. The highest BCUT2D eigenvalue weighted by molar-refractivity contribution is 6.17. The second kappa shape index (κ2) is 9.13. The number of amides is 1. The van der Waals surface area contributed by atoms with Crippen molar-refractivity contribution in [3.8, 4) is 11.8 Å². The number of hydrogen-bond acceptors (Lipinski definition) is 5. The summed E-state index contributed by atoms with van der Waals surface area (Å²) in [5.41, 5.74) is 8.50. The molecule has 1 aliphatic heterocycles. The lowest BCUT2D eigenvalue weighted by molar-refractivity contribution is -0.121. The van der Waals surface area contributed by atoms with Gasteiger partial charge < -0.3 is 10.5 Å². The Morgan fingerprint density at radius 3 is 2.53 bits per heavy atom. The Hall–Kier alpha value is -3.17. The van der Waals surface area contributed by atoms with Gasteiger partial charge in [0.1, 0.15) is 17.9 Å². The van der Waals surface area contributed by atoms with E-state index in [1.165, 1.54) is 19.3 Å². The number of ether oxygens (including phenoxy) is 1. The molecule has 4 rings (SSSR count). The van der Waals surface area contributed by atoms with Gasteiger partial charge in [0.2, 0.25) is 0 Å². The number of fused-ring (bicyclic) bond motifs is 1. The maximum absolute atomic E-state index is 13.8. The number of aliphatic imine (C=N–C) groups is 1. The Morgan fingerprint density at radius 2 is 1.88 bits per heavy atom. The first kappa shape index (κ1) is 22.0. The molecule has 1 aliphatic carbocycles. The summed E-state index contributed by atoms with van der Waals surface area (Å²) in [5, 5.41) is 9.56. The minimum absolute atomic E-state index is 0.115. The van der Waals surface area contributed by atoms with Crippen LogP contribution in [0.4, 0.5) is 11.4 Å². The van der Waals surface area contributed by atoms with Gasteiger partial charge in [0.05, 0.1) is 17.3 Å². The topological polar surface area (TPSA) is 91.7 Å². The average Bonchev–Trinajstić information content (AvgIpc) is 2.90. The van der Waals surface area contributed by atoms with Crippen LogP contribution in [0.2, 0.25) is 0 Å². The standard InChI is InChI=1S/C26H30N4O2/c1-26(2)25(31)30(20-9-11-21(12-10-20)32-15-14-27)23-16-18(17-28)8-13-22(23)24(29-26)19-6-4-3-5-7-19/h8-13,16,19H,3-7,14-15,27H2,1-2H3. The summed E-state index contributed by atoms with van der Waals surface area (Å²) in [6.07, 6.45) is 5.76. The number of benzodiazepines with no additional fused rings is 1. The van der Waals surface area contributed by atoms with Crippen molar-refractivity contribution < 1.29 is 9.53 Å². The van der Waals surface area contributed by atoms with Gasteiger partial charge in [-0.1, -0.05) is 19.3 Å². The van der Waals surface area contributed by atoms with Crippen LogP contribution in [0.1, 0.15) is 57.1 Å². The van der Waals surface area contributed by atoms with Gasteiger partial charge in [-0.25, -0.2) is 0 Å². The van der Waals surface area contributed by atoms with Crippen molar-refractivity contribution in [2.24, 2.45) is 16.6 Å². The molecule has 0 spiro atoms. The van der Waals surface area contributed by atoms with Gasteiger partial charge in [0, 0.05) is 29.4 Å². The predicted molar refractivity (Wildman–Crippen MR) is 126 cm³/mol. The smallest absolute Gasteiger partial charge is 0.258 e. The normalized spacial score (nSPS) is 18.4. The van der Waals surface area contributed by atoms with Crippen molar-refractivity contribution in [1.82, 2.24) is 0 Å². The summed E-state index contributed by atoms with van der Waals surface area (Å²) in [4.78, 5) is 20.6. The van der Waals surface area contributed by atoms with Crippen LogP contribution in [0.25, 0.3) is 0 Å². The molecule has 1 heterocycles. The molecule has 0 bridgehead atoms. The number of carbonyl (C=O) groups is 1. The molecule has 1 amide bonds. The van der Waals surface area contributed by atoms with Crippen molar-refractivity contribution in [1.29, 1.82) is 5.26 Å². The molecule has 2 aliphatic rings. The Kier molecular flexibility index (Phi) is 6.29. The molecule has 6 nitrogen and oxygen atoms in total. The van der Waals surface area contributed by atoms with Crippen LogP contribution >= 0.6 is 0 Å². The van der Waals surface area contributed by atoms with Crippen LogP contribution in [0.15, 0.2) is 47.5 Å². The lowest BCUT2D eigenvalue weighted by Gasteiger charge is -2.28. The number of anilines is 2. The third-order valence-corrected chi connectivity index (χ3v) is 6.24. The van der Waals surface area contributed by atoms with Gasteiger partial charge in [0.15, 0.2) is 0 Å². The van der Waals surface area contributed by atoms with Gasteiger partial charge in [-0.3, -0.25) is 14.7 Å². The fourth-order valence-corrected chi connectivity index (χ4v) is 4.61. The number of nitrogens with zero attached hydrogens (tertiary/aromatic N) is 3. The summed E-state index contributed by atoms with van der Waals surface area (Å²) >= 11 is 0. The van der Waals surface area contributed by atoms with Gasteiger partial charge in [-0.05, 0) is 69.2 Å². The van der Waals surface area contributed by atoms with Gasteiger partial charge in [0.25, 0.3) is 5.91 Å². The highest BCUT2D eigenvalue weighted by atomic mass is 16.5. The molecular weight excluding hydrogens is 400 g/mol. The van der Waals surface area contributed by atoms with Crippen molar-refractivity contribution in [3.63, 3.8) is 0 Å². The third kappa shape index (κ3) is 4.26. The fraction of sp³-hybridized carbons (Fsp3) is 0.423. The van der Waals surface area contributed by atoms with E-state index >= 15 is 0 Å². The van der Waals surface area contributed by atoms with E-state index in [0.29, 0.717) is 30.4 Å². The molecule has 0 atom stereocenters. The first-order valence-electron chi connectivity index (χ1n) is 11.4. The van der Waals surface area contributed by atoms with E-state index in [2.05, 4.69) is 6.07 Å². The Balaban J connectivity index is 1.85. The first-order chi connectivity index (χ1) is 15.4. The molecule has 0 unspecified atom stereocenters. The molecule has 2 aromatic rings. The highest BCUT2D eigenvalue weighted by Crippen LogP contribution is 2.40.